The van der Waals surface area contributed by atoms with E-state index in [-0.39, 0.29) is 43.2 Å². The highest BCUT2D eigenvalue weighted by Gasteiger charge is 2.42. The molecule has 0 bridgehead atoms. The lowest BCUT2D eigenvalue weighted by atomic mass is 9.74. The van der Waals surface area contributed by atoms with Gasteiger partial charge in [-0.15, -0.1) is 0 Å². The number of carboxylic acid groups (broad SMARTS) is 1. The van der Waals surface area contributed by atoms with Gasteiger partial charge in [-0.2, -0.15) is 0 Å². The third-order valence-electron chi connectivity index (χ3n) is 7.45. The molecule has 0 heterocycles. The summed E-state index contributed by atoms with van der Waals surface area (Å²) in [7, 11) is 0. The molecule has 0 saturated heterocycles. The molecule has 178 valence electrons. The number of carbonyl (C=O) groups is 3. The molecular formula is C27H30N2O5. The van der Waals surface area contributed by atoms with E-state index in [0.29, 0.717) is 12.8 Å². The van der Waals surface area contributed by atoms with Crippen molar-refractivity contribution < 1.29 is 24.2 Å². The maximum Gasteiger partial charge on any atom is 0.407 e. The lowest BCUT2D eigenvalue weighted by Gasteiger charge is -2.41. The maximum atomic E-state index is 12.7. The number of hydrogen-bond donors (Lipinski definition) is 3. The topological polar surface area (TPSA) is 105 Å². The normalized spacial score (nSPS) is 18.7. The van der Waals surface area contributed by atoms with Gasteiger partial charge in [0.25, 0.3) is 0 Å². The fourth-order valence-electron chi connectivity index (χ4n) is 5.41. The van der Waals surface area contributed by atoms with Crippen LogP contribution >= 0.6 is 0 Å². The second-order valence-electron chi connectivity index (χ2n) is 9.87. The Bertz CT molecular complexity index is 1060. The van der Waals surface area contributed by atoms with Crippen LogP contribution in [0, 0.1) is 5.92 Å². The van der Waals surface area contributed by atoms with E-state index in [1.165, 1.54) is 11.1 Å². The molecule has 3 aliphatic carbocycles. The average Bonchev–Trinajstić information content (AvgIpc) is 3.58. The van der Waals surface area contributed by atoms with Crippen LogP contribution in [-0.4, -0.2) is 41.3 Å². The summed E-state index contributed by atoms with van der Waals surface area (Å²) < 4.78 is 5.66. The van der Waals surface area contributed by atoms with Crippen LogP contribution in [0.15, 0.2) is 48.5 Å². The Labute approximate surface area is 198 Å². The minimum Gasteiger partial charge on any atom is -0.481 e. The van der Waals surface area contributed by atoms with E-state index < -0.39 is 17.6 Å². The van der Waals surface area contributed by atoms with E-state index in [4.69, 9.17) is 4.74 Å². The lowest BCUT2D eigenvalue weighted by molar-refractivity contribution is -0.140. The van der Waals surface area contributed by atoms with Crippen molar-refractivity contribution in [1.29, 1.82) is 0 Å². The molecule has 3 N–H and O–H groups in total. The van der Waals surface area contributed by atoms with Crippen molar-refractivity contribution in [2.45, 2.75) is 62.4 Å². The Morgan fingerprint density at radius 2 is 1.62 bits per heavy atom. The number of amides is 2. The first-order chi connectivity index (χ1) is 16.4. The van der Waals surface area contributed by atoms with E-state index in [0.717, 1.165) is 30.4 Å². The number of ether oxygens (including phenoxy) is 1. The van der Waals surface area contributed by atoms with Crippen LogP contribution < -0.4 is 10.6 Å². The SMILES string of the molecule is O=C(O)CC1(NC(=O)CC(NC(=O)OCC2c3ccccc3-c3ccccc32)C2CC2)CCC1. The summed E-state index contributed by atoms with van der Waals surface area (Å²) in [6.45, 7) is 0.227. The highest BCUT2D eigenvalue weighted by molar-refractivity contribution is 5.81. The molecule has 2 amide bonds. The summed E-state index contributed by atoms with van der Waals surface area (Å²) in [6, 6.07) is 16.1. The molecule has 34 heavy (non-hydrogen) atoms. The lowest BCUT2D eigenvalue weighted by Crippen LogP contribution is -2.55. The molecule has 5 rings (SSSR count). The molecule has 2 aromatic carbocycles. The van der Waals surface area contributed by atoms with Crippen molar-refractivity contribution in [3.05, 3.63) is 59.7 Å². The summed E-state index contributed by atoms with van der Waals surface area (Å²) in [6.07, 6.45) is 3.75. The number of carbonyl (C=O) groups excluding carboxylic acids is 2. The van der Waals surface area contributed by atoms with Gasteiger partial charge in [0, 0.05) is 18.4 Å². The van der Waals surface area contributed by atoms with Crippen LogP contribution in [0.5, 0.6) is 0 Å². The predicted molar refractivity (Wildman–Crippen MR) is 126 cm³/mol. The summed E-state index contributed by atoms with van der Waals surface area (Å²) in [5.74, 6) is -0.884. The molecule has 7 nitrogen and oxygen atoms in total. The number of benzene rings is 2. The fraction of sp³-hybridized carbons (Fsp3) is 0.444. The third-order valence-corrected chi connectivity index (χ3v) is 7.45. The van der Waals surface area contributed by atoms with Crippen LogP contribution in [0.1, 0.15) is 62.0 Å². The second kappa shape index (κ2) is 9.12. The number of aliphatic carboxylic acids is 1. The van der Waals surface area contributed by atoms with Gasteiger partial charge in [0.2, 0.25) is 5.91 Å². The van der Waals surface area contributed by atoms with Gasteiger partial charge in [-0.1, -0.05) is 48.5 Å². The smallest absolute Gasteiger partial charge is 0.407 e. The quantitative estimate of drug-likeness (QED) is 0.518. The molecule has 2 saturated carbocycles. The molecule has 0 aliphatic heterocycles. The zero-order valence-electron chi connectivity index (χ0n) is 19.1. The van der Waals surface area contributed by atoms with Crippen LogP contribution in [0.4, 0.5) is 4.79 Å². The number of alkyl carbamates (subject to hydrolysis) is 1. The van der Waals surface area contributed by atoms with Gasteiger partial charge in [-0.25, -0.2) is 4.79 Å². The standard InChI is InChI=1S/C27H30N2O5/c30-24(29-27(12-5-13-27)15-25(31)32)14-23(17-10-11-17)28-26(33)34-16-22-20-8-3-1-6-18(20)19-7-2-4-9-21(19)22/h1-4,6-9,17,22-23H,5,10-16H2,(H,28,33)(H,29,30)(H,31,32). The van der Waals surface area contributed by atoms with E-state index in [9.17, 15) is 19.5 Å². The van der Waals surface area contributed by atoms with Gasteiger partial charge in [0.05, 0.1) is 12.0 Å². The largest absolute Gasteiger partial charge is 0.481 e. The number of hydrogen-bond acceptors (Lipinski definition) is 4. The van der Waals surface area contributed by atoms with Crippen molar-refractivity contribution in [2.75, 3.05) is 6.61 Å². The van der Waals surface area contributed by atoms with Crippen molar-refractivity contribution in [3.63, 3.8) is 0 Å². The summed E-state index contributed by atoms with van der Waals surface area (Å²) in [5, 5.41) is 15.0. The van der Waals surface area contributed by atoms with E-state index >= 15 is 0 Å². The average molecular weight is 463 g/mol. The molecule has 7 heteroatoms. The maximum absolute atomic E-state index is 12.7. The predicted octanol–water partition coefficient (Wildman–Crippen LogP) is 4.21. The number of nitrogens with one attached hydrogen (secondary N) is 2. The van der Waals surface area contributed by atoms with Gasteiger partial charge < -0.3 is 20.5 Å². The van der Waals surface area contributed by atoms with E-state index in [1.807, 2.05) is 24.3 Å². The molecule has 3 aliphatic rings. The van der Waals surface area contributed by atoms with Crippen LogP contribution in [0.2, 0.25) is 0 Å². The Hall–Kier alpha value is -3.35. The molecular weight excluding hydrogens is 432 g/mol. The third kappa shape index (κ3) is 4.65. The van der Waals surface area contributed by atoms with Crippen LogP contribution in [-0.2, 0) is 14.3 Å². The van der Waals surface area contributed by atoms with Gasteiger partial charge in [0.15, 0.2) is 0 Å². The van der Waals surface area contributed by atoms with E-state index in [1.54, 1.807) is 0 Å². The number of rotatable bonds is 9. The Kier molecular flexibility index (Phi) is 6.02. The molecule has 1 atom stereocenters. The monoisotopic (exact) mass is 462 g/mol. The molecule has 2 aromatic rings. The summed E-state index contributed by atoms with van der Waals surface area (Å²) in [5.41, 5.74) is 4.01. The van der Waals surface area contributed by atoms with Crippen molar-refractivity contribution in [2.24, 2.45) is 5.92 Å². The minimum atomic E-state index is -0.907. The zero-order valence-corrected chi connectivity index (χ0v) is 19.1. The van der Waals surface area contributed by atoms with Crippen LogP contribution in [0.3, 0.4) is 0 Å². The number of fused-ring (bicyclic) bond motifs is 3. The van der Waals surface area contributed by atoms with Gasteiger partial charge in [-0.3, -0.25) is 9.59 Å². The molecule has 0 spiro atoms. The highest BCUT2D eigenvalue weighted by atomic mass is 16.5. The highest BCUT2D eigenvalue weighted by Crippen LogP contribution is 2.44. The first-order valence-electron chi connectivity index (χ1n) is 12.1. The summed E-state index contributed by atoms with van der Waals surface area (Å²) in [4.78, 5) is 36.6. The first kappa shape index (κ1) is 22.4. The van der Waals surface area contributed by atoms with Gasteiger partial charge >= 0.3 is 12.1 Å². The van der Waals surface area contributed by atoms with Crippen molar-refractivity contribution in [1.82, 2.24) is 10.6 Å². The van der Waals surface area contributed by atoms with E-state index in [2.05, 4.69) is 34.9 Å². The Morgan fingerprint density at radius 3 is 2.15 bits per heavy atom. The minimum absolute atomic E-state index is 0.0182. The molecule has 2 fully saturated rings. The Morgan fingerprint density at radius 1 is 1.00 bits per heavy atom. The molecule has 0 aromatic heterocycles. The fourth-order valence-corrected chi connectivity index (χ4v) is 5.41. The zero-order chi connectivity index (χ0) is 23.7. The van der Waals surface area contributed by atoms with Crippen LogP contribution in [0.25, 0.3) is 11.1 Å². The molecule has 0 radical (unpaired) electrons. The van der Waals surface area contributed by atoms with Gasteiger partial charge in [0.1, 0.15) is 6.61 Å². The van der Waals surface area contributed by atoms with Gasteiger partial charge in [-0.05, 0) is 60.3 Å². The van der Waals surface area contributed by atoms with Crippen molar-refractivity contribution >= 4 is 18.0 Å². The van der Waals surface area contributed by atoms with Crippen molar-refractivity contribution in [3.8, 4) is 11.1 Å². The molecule has 1 unspecified atom stereocenters. The second-order valence-corrected chi connectivity index (χ2v) is 9.87. The summed E-state index contributed by atoms with van der Waals surface area (Å²) >= 11 is 0. The number of carboxylic acids is 1. The Balaban J connectivity index is 1.18. The first-order valence-corrected chi connectivity index (χ1v) is 12.1.